The number of sulfonamides is 1. The van der Waals surface area contributed by atoms with Crippen LogP contribution >= 0.6 is 15.9 Å². The average molecular weight is 497 g/mol. The molecule has 0 aliphatic heterocycles. The molecule has 0 spiro atoms. The van der Waals surface area contributed by atoms with Crippen LogP contribution in [0, 0.1) is 5.92 Å². The van der Waals surface area contributed by atoms with E-state index in [1.807, 2.05) is 37.5 Å². The Kier molecular flexibility index (Phi) is 6.74. The van der Waals surface area contributed by atoms with Crippen LogP contribution in [0.15, 0.2) is 34.9 Å². The van der Waals surface area contributed by atoms with E-state index in [-0.39, 0.29) is 17.9 Å². The number of nitrogens with zero attached hydrogens (tertiary/aromatic N) is 2. The minimum Gasteiger partial charge on any atom is -0.326 e. The van der Waals surface area contributed by atoms with Crippen molar-refractivity contribution in [2.75, 3.05) is 5.32 Å². The molecule has 1 fully saturated rings. The van der Waals surface area contributed by atoms with Gasteiger partial charge in [0.15, 0.2) is 0 Å². The van der Waals surface area contributed by atoms with Crippen molar-refractivity contribution in [3.63, 3.8) is 0 Å². The highest BCUT2D eigenvalue weighted by Gasteiger charge is 2.34. The number of halogens is 1. The van der Waals surface area contributed by atoms with Crippen molar-refractivity contribution < 1.29 is 13.2 Å². The number of hydrogen-bond donors (Lipinski definition) is 2. The van der Waals surface area contributed by atoms with Crippen molar-refractivity contribution in [2.24, 2.45) is 13.0 Å². The molecule has 0 unspecified atom stereocenters. The van der Waals surface area contributed by atoms with Gasteiger partial charge in [-0.2, -0.15) is 5.10 Å². The Morgan fingerprint density at radius 1 is 1.20 bits per heavy atom. The van der Waals surface area contributed by atoms with Crippen molar-refractivity contribution in [1.29, 1.82) is 0 Å². The molecule has 3 rings (SSSR count). The number of aryl methyl sites for hydroxylation is 1. The summed E-state index contributed by atoms with van der Waals surface area (Å²) in [5.41, 5.74) is 2.46. The van der Waals surface area contributed by atoms with Gasteiger partial charge in [-0.1, -0.05) is 12.1 Å². The Morgan fingerprint density at radius 3 is 2.43 bits per heavy atom. The van der Waals surface area contributed by atoms with Crippen LogP contribution in [0.1, 0.15) is 46.5 Å². The topological polar surface area (TPSA) is 93.1 Å². The number of carbonyl (C=O) groups excluding carboxylic acids is 1. The summed E-state index contributed by atoms with van der Waals surface area (Å²) < 4.78 is 29.3. The van der Waals surface area contributed by atoms with E-state index in [4.69, 9.17) is 0 Å². The van der Waals surface area contributed by atoms with E-state index in [0.717, 1.165) is 21.4 Å². The number of anilines is 1. The van der Waals surface area contributed by atoms with E-state index in [0.29, 0.717) is 25.7 Å². The summed E-state index contributed by atoms with van der Waals surface area (Å²) in [5, 5.41) is 7.45. The second-order valence-corrected chi connectivity index (χ2v) is 12.2. The van der Waals surface area contributed by atoms with Crippen molar-refractivity contribution in [3.05, 3.63) is 34.9 Å². The highest BCUT2D eigenvalue weighted by Crippen LogP contribution is 2.30. The van der Waals surface area contributed by atoms with E-state index in [1.165, 1.54) is 0 Å². The van der Waals surface area contributed by atoms with Gasteiger partial charge in [-0.3, -0.25) is 9.48 Å². The molecule has 1 amide bonds. The Labute approximate surface area is 186 Å². The van der Waals surface area contributed by atoms with Crippen LogP contribution in [0.2, 0.25) is 0 Å². The van der Waals surface area contributed by atoms with Crippen molar-refractivity contribution >= 4 is 37.5 Å². The standard InChI is InChI=1S/C21H29BrN4O3S/c1-21(2,3)30(28,29)25-16-10-8-14(9-11-16)20(27)23-17-7-5-6-15(12-17)19-18(22)13-26(4)24-19/h5-7,12-14,16,25H,8-11H2,1-4H3,(H,23,27). The lowest BCUT2D eigenvalue weighted by Crippen LogP contribution is -2.46. The third kappa shape index (κ3) is 5.31. The molecule has 1 aromatic carbocycles. The smallest absolute Gasteiger partial charge is 0.227 e. The Balaban J connectivity index is 1.59. The molecule has 1 aliphatic carbocycles. The second kappa shape index (κ2) is 8.80. The maximum atomic E-state index is 12.8. The first kappa shape index (κ1) is 23.0. The van der Waals surface area contributed by atoms with Crippen LogP contribution in [0.5, 0.6) is 0 Å². The summed E-state index contributed by atoms with van der Waals surface area (Å²) >= 11 is 3.51. The lowest BCUT2D eigenvalue weighted by molar-refractivity contribution is -0.120. The number of carbonyl (C=O) groups is 1. The van der Waals surface area contributed by atoms with Gasteiger partial charge in [-0.15, -0.1) is 0 Å². The zero-order chi connectivity index (χ0) is 22.1. The van der Waals surface area contributed by atoms with Crippen LogP contribution in [-0.2, 0) is 21.9 Å². The highest BCUT2D eigenvalue weighted by atomic mass is 79.9. The van der Waals surface area contributed by atoms with E-state index < -0.39 is 14.8 Å². The van der Waals surface area contributed by atoms with Gasteiger partial charge in [0.25, 0.3) is 0 Å². The second-order valence-electron chi connectivity index (χ2n) is 8.85. The zero-order valence-corrected chi connectivity index (χ0v) is 20.2. The third-order valence-electron chi connectivity index (χ3n) is 5.41. The van der Waals surface area contributed by atoms with Crippen LogP contribution in [0.25, 0.3) is 11.3 Å². The summed E-state index contributed by atoms with van der Waals surface area (Å²) in [6, 6.07) is 7.51. The van der Waals surface area contributed by atoms with E-state index in [1.54, 1.807) is 25.5 Å². The summed E-state index contributed by atoms with van der Waals surface area (Å²) in [6.45, 7) is 5.06. The van der Waals surface area contributed by atoms with Gasteiger partial charge in [0.2, 0.25) is 15.9 Å². The van der Waals surface area contributed by atoms with Crippen molar-refractivity contribution in [1.82, 2.24) is 14.5 Å². The molecule has 0 saturated heterocycles. The molecule has 0 bridgehead atoms. The summed E-state index contributed by atoms with van der Waals surface area (Å²) in [6.07, 6.45) is 4.53. The number of rotatable bonds is 5. The first-order chi connectivity index (χ1) is 14.0. The van der Waals surface area contributed by atoms with Gasteiger partial charge in [0, 0.05) is 36.5 Å². The monoisotopic (exact) mass is 496 g/mol. The molecule has 1 heterocycles. The first-order valence-electron chi connectivity index (χ1n) is 10.1. The predicted octanol–water partition coefficient (Wildman–Crippen LogP) is 4.06. The van der Waals surface area contributed by atoms with Gasteiger partial charge in [-0.05, 0) is 74.5 Å². The highest BCUT2D eigenvalue weighted by molar-refractivity contribution is 9.10. The molecule has 0 atom stereocenters. The number of amides is 1. The maximum absolute atomic E-state index is 12.8. The first-order valence-corrected chi connectivity index (χ1v) is 12.4. The van der Waals surface area contributed by atoms with Crippen molar-refractivity contribution in [3.8, 4) is 11.3 Å². The van der Waals surface area contributed by atoms with Gasteiger partial charge >= 0.3 is 0 Å². The van der Waals surface area contributed by atoms with Crippen LogP contribution in [0.4, 0.5) is 5.69 Å². The SMILES string of the molecule is Cn1cc(Br)c(-c2cccc(NC(=O)C3CCC(NS(=O)(=O)C(C)(C)C)CC3)c2)n1. The van der Waals surface area contributed by atoms with E-state index in [9.17, 15) is 13.2 Å². The maximum Gasteiger partial charge on any atom is 0.227 e. The number of benzene rings is 1. The predicted molar refractivity (Wildman–Crippen MR) is 123 cm³/mol. The summed E-state index contributed by atoms with van der Waals surface area (Å²) in [4.78, 5) is 12.8. The zero-order valence-electron chi connectivity index (χ0n) is 17.8. The van der Waals surface area contributed by atoms with E-state index >= 15 is 0 Å². The van der Waals surface area contributed by atoms with Gasteiger partial charge in [0.1, 0.15) is 5.69 Å². The normalized spacial score (nSPS) is 20.2. The van der Waals surface area contributed by atoms with Crippen LogP contribution < -0.4 is 10.0 Å². The van der Waals surface area contributed by atoms with Gasteiger partial charge < -0.3 is 5.32 Å². The molecule has 7 nitrogen and oxygen atoms in total. The molecule has 1 saturated carbocycles. The molecule has 9 heteroatoms. The summed E-state index contributed by atoms with van der Waals surface area (Å²) in [5.74, 6) is -0.144. The fraction of sp³-hybridized carbons (Fsp3) is 0.524. The summed E-state index contributed by atoms with van der Waals surface area (Å²) in [7, 11) is -1.52. The largest absolute Gasteiger partial charge is 0.326 e. The number of nitrogens with one attached hydrogen (secondary N) is 2. The minimum atomic E-state index is -3.38. The molecule has 164 valence electrons. The van der Waals surface area contributed by atoms with Crippen LogP contribution in [0.3, 0.4) is 0 Å². The lowest BCUT2D eigenvalue weighted by Gasteiger charge is -2.30. The van der Waals surface area contributed by atoms with E-state index in [2.05, 4.69) is 31.1 Å². The van der Waals surface area contributed by atoms with Crippen LogP contribution in [-0.4, -0.2) is 34.9 Å². The number of hydrogen-bond acceptors (Lipinski definition) is 4. The third-order valence-corrected chi connectivity index (χ3v) is 8.25. The molecule has 30 heavy (non-hydrogen) atoms. The fourth-order valence-electron chi connectivity index (χ4n) is 3.51. The van der Waals surface area contributed by atoms with Gasteiger partial charge in [0.05, 0.1) is 9.22 Å². The molecule has 2 aromatic rings. The fourth-order valence-corrected chi connectivity index (χ4v) is 5.15. The minimum absolute atomic E-state index is 0.0237. The molecule has 2 N–H and O–H groups in total. The lowest BCUT2D eigenvalue weighted by atomic mass is 9.86. The van der Waals surface area contributed by atoms with Crippen molar-refractivity contribution in [2.45, 2.75) is 57.2 Å². The molecular weight excluding hydrogens is 468 g/mol. The number of aromatic nitrogens is 2. The molecule has 1 aliphatic rings. The molecule has 1 aromatic heterocycles. The van der Waals surface area contributed by atoms with Gasteiger partial charge in [-0.25, -0.2) is 13.1 Å². The Hall–Kier alpha value is -1.71. The average Bonchev–Trinajstić information content (AvgIpc) is 2.99. The molecule has 0 radical (unpaired) electrons. The Morgan fingerprint density at radius 2 is 1.87 bits per heavy atom. The Bertz CT molecular complexity index is 1020. The molecular formula is C21H29BrN4O3S. The quantitative estimate of drug-likeness (QED) is 0.652.